The quantitative estimate of drug-likeness (QED) is 0.125. The van der Waals surface area contributed by atoms with Gasteiger partial charge in [0.05, 0.1) is 0 Å². The summed E-state index contributed by atoms with van der Waals surface area (Å²) in [5.74, 6) is 1.42. The zero-order chi connectivity index (χ0) is 43.5. The molecule has 5 aliphatic rings. The van der Waals surface area contributed by atoms with Crippen LogP contribution in [0.5, 0.6) is 0 Å². The van der Waals surface area contributed by atoms with Gasteiger partial charge < -0.3 is 0 Å². The molecule has 0 aromatic carbocycles. The molecule has 5 fully saturated rings. The first kappa shape index (κ1) is 46.7. The van der Waals surface area contributed by atoms with E-state index < -0.39 is 79.0 Å². The number of esters is 2. The number of hydrogen-bond acceptors (Lipinski definition) is 12. The first-order chi connectivity index (χ1) is 27.2. The molecular formula is C43H69N2O12PSn. The second-order valence-electron chi connectivity index (χ2n) is 21.5. The van der Waals surface area contributed by atoms with Gasteiger partial charge in [-0.1, -0.05) is 13.8 Å². The number of hydrogen-bond donors (Lipinski definition) is 1. The van der Waals surface area contributed by atoms with Gasteiger partial charge in [0.15, 0.2) is 0 Å². The van der Waals surface area contributed by atoms with E-state index in [1.165, 1.54) is 4.57 Å². The van der Waals surface area contributed by atoms with E-state index in [4.69, 9.17) is 27.8 Å². The summed E-state index contributed by atoms with van der Waals surface area (Å²) in [7, 11) is -4.19. The van der Waals surface area contributed by atoms with Crippen molar-refractivity contribution in [2.75, 3.05) is 6.61 Å². The molecule has 6 rings (SSSR count). The Morgan fingerprint density at radius 3 is 2.14 bits per heavy atom. The van der Waals surface area contributed by atoms with Crippen molar-refractivity contribution in [3.8, 4) is 0 Å². The van der Waals surface area contributed by atoms with Crippen molar-refractivity contribution in [1.29, 1.82) is 0 Å². The van der Waals surface area contributed by atoms with E-state index in [0.717, 1.165) is 51.4 Å². The van der Waals surface area contributed by atoms with Crippen LogP contribution in [0.25, 0.3) is 0 Å². The number of phosphoric ester groups is 1. The van der Waals surface area contributed by atoms with Gasteiger partial charge in [-0.3, -0.25) is 4.79 Å². The Balaban J connectivity index is 1.11. The molecule has 0 spiro atoms. The summed E-state index contributed by atoms with van der Waals surface area (Å²) >= 11 is -3.01. The summed E-state index contributed by atoms with van der Waals surface area (Å²) in [5, 5.41) is 0. The summed E-state index contributed by atoms with van der Waals surface area (Å²) < 4.78 is 51.6. The maximum absolute atomic E-state index is 13.9. The number of nitrogens with one attached hydrogen (secondary N) is 1. The molecule has 59 heavy (non-hydrogen) atoms. The Hall–Kier alpha value is -1.84. The van der Waals surface area contributed by atoms with E-state index in [-0.39, 0.29) is 42.8 Å². The van der Waals surface area contributed by atoms with E-state index in [9.17, 15) is 28.5 Å². The van der Waals surface area contributed by atoms with Crippen LogP contribution in [0.2, 0.25) is 14.8 Å². The zero-order valence-electron chi connectivity index (χ0n) is 37.2. The molecule has 14 nitrogen and oxygen atoms in total. The fourth-order valence-corrected chi connectivity index (χ4v) is 16.6. The number of nitrogens with zero attached hydrogens (tertiary/aromatic N) is 1. The number of aromatic amines is 1. The monoisotopic (exact) mass is 956 g/mol. The van der Waals surface area contributed by atoms with E-state index in [1.54, 1.807) is 47.7 Å². The number of H-pyrrole nitrogens is 1. The van der Waals surface area contributed by atoms with Crippen LogP contribution in [0.15, 0.2) is 15.8 Å². The molecule has 4 aliphatic carbocycles. The van der Waals surface area contributed by atoms with Gasteiger partial charge in [-0.2, -0.15) is 0 Å². The van der Waals surface area contributed by atoms with Gasteiger partial charge in [0, 0.05) is 18.3 Å². The third-order valence-electron chi connectivity index (χ3n) is 13.9. The average molecular weight is 956 g/mol. The summed E-state index contributed by atoms with van der Waals surface area (Å²) in [6, 6.07) is 0. The van der Waals surface area contributed by atoms with Crippen molar-refractivity contribution >= 4 is 47.5 Å². The van der Waals surface area contributed by atoms with Crippen molar-refractivity contribution in [2.24, 2.45) is 34.5 Å². The Bertz CT molecular complexity index is 1910. The minimum atomic E-state index is -4.19. The first-order valence-electron chi connectivity index (χ1n) is 21.8. The topological polar surface area (TPSA) is 179 Å². The number of ketones is 1. The SMILES string of the molecule is CC(C)(C)OP(=O)(OC[C@H]1O[C@@H](n2c[c]([Sn]([CH3])([CH3])[CH3])c(=O)[nH]c2=O)C[C@@H]1OC(=O)CCC(=O)O[C@H]1CC[C@H]2[C@@H]3CC[C@H]4CC(=O)CC[C@]4(C)[C@H]3CC[C@]12C)OC(C)(C)C. The predicted molar refractivity (Wildman–Crippen MR) is 224 cm³/mol. The van der Waals surface area contributed by atoms with Crippen LogP contribution in [-0.4, -0.2) is 81.8 Å². The number of carbonyl (C=O) groups excluding carboxylic acids is 3. The number of fused-ring (bicyclic) bond motifs is 5. The summed E-state index contributed by atoms with van der Waals surface area (Å²) in [4.78, 5) is 73.7. The van der Waals surface area contributed by atoms with Crippen molar-refractivity contribution < 1.29 is 46.7 Å². The van der Waals surface area contributed by atoms with Gasteiger partial charge in [0.25, 0.3) is 0 Å². The van der Waals surface area contributed by atoms with E-state index in [0.29, 0.717) is 39.5 Å². The Labute approximate surface area is 353 Å². The van der Waals surface area contributed by atoms with E-state index in [1.807, 2.05) is 0 Å². The molecule has 4 saturated carbocycles. The Morgan fingerprint density at radius 2 is 1.51 bits per heavy atom. The third kappa shape index (κ3) is 10.5. The van der Waals surface area contributed by atoms with Crippen LogP contribution in [0.1, 0.15) is 139 Å². The molecule has 1 aromatic rings. The number of Topliss-reactive ketones (excluding diaryl/α,β-unsaturated/α-hetero) is 1. The second-order valence-corrected chi connectivity index (χ2v) is 37.4. The fourth-order valence-electron chi connectivity index (χ4n) is 11.1. The van der Waals surface area contributed by atoms with Crippen LogP contribution in [0.4, 0.5) is 0 Å². The summed E-state index contributed by atoms with van der Waals surface area (Å²) in [6.07, 6.45) is 6.54. The van der Waals surface area contributed by atoms with Crippen LogP contribution in [0, 0.1) is 34.5 Å². The molecule has 16 heteroatoms. The molecule has 1 saturated heterocycles. The molecular weight excluding hydrogens is 886 g/mol. The number of phosphoric acid groups is 1. The zero-order valence-corrected chi connectivity index (χ0v) is 40.9. The van der Waals surface area contributed by atoms with Gasteiger partial charge in [0.1, 0.15) is 11.9 Å². The van der Waals surface area contributed by atoms with Gasteiger partial charge in [0.2, 0.25) is 0 Å². The minimum absolute atomic E-state index is 0.0277. The van der Waals surface area contributed by atoms with Crippen molar-refractivity contribution in [2.45, 2.75) is 183 Å². The summed E-state index contributed by atoms with van der Waals surface area (Å²) in [5.41, 5.74) is -2.81. The van der Waals surface area contributed by atoms with Crippen LogP contribution >= 0.6 is 7.82 Å². The van der Waals surface area contributed by atoms with Crippen molar-refractivity contribution in [1.82, 2.24) is 9.55 Å². The molecule has 0 amide bonds. The van der Waals surface area contributed by atoms with Gasteiger partial charge >= 0.3 is 232 Å². The van der Waals surface area contributed by atoms with Gasteiger partial charge in [-0.25, -0.2) is 0 Å². The Kier molecular flexibility index (Phi) is 13.5. The summed E-state index contributed by atoms with van der Waals surface area (Å²) in [6.45, 7) is 14.6. The van der Waals surface area contributed by atoms with Gasteiger partial charge in [-0.05, 0) is 74.0 Å². The van der Waals surface area contributed by atoms with Crippen molar-refractivity contribution in [3.63, 3.8) is 0 Å². The normalized spacial score (nSPS) is 33.8. The third-order valence-corrected chi connectivity index (χ3v) is 21.6. The first-order valence-corrected chi connectivity index (χ1v) is 33.2. The van der Waals surface area contributed by atoms with Crippen LogP contribution in [0.3, 0.4) is 0 Å². The maximum atomic E-state index is 13.9. The second kappa shape index (κ2) is 17.0. The molecule has 1 N–H and O–H groups in total. The van der Waals surface area contributed by atoms with Gasteiger partial charge in [-0.15, -0.1) is 0 Å². The Morgan fingerprint density at radius 1 is 0.881 bits per heavy atom. The molecule has 0 radical (unpaired) electrons. The molecule has 1 aliphatic heterocycles. The number of rotatable bonds is 12. The van der Waals surface area contributed by atoms with E-state index >= 15 is 0 Å². The van der Waals surface area contributed by atoms with Crippen LogP contribution in [-0.2, 0) is 46.7 Å². The molecule has 10 atom stereocenters. The number of ether oxygens (including phenoxy) is 3. The molecule has 0 unspecified atom stereocenters. The standard InChI is InChI=1S/C40H60N2O12P.3CH3.Sn/c1-37(2,3)53-55(48,54-38(4,5)6)49-23-30-29(22-33(50-30)42-20-17-32(44)41-36(42)47)51-34(45)13-14-35(46)52-31-12-11-27-26-10-9-24-21-25(43)15-18-39(24,7)28(26)16-19-40(27,31)8;;;;/h20,24,26-31,33H,9-16,18-19,21-23H2,1-8H3,(H,41,44,47);3*1H3;/t24-,26-,27-,28-,29-,30+,31-,33+,39-,40-;;;;/m0..../s1. The average Bonchev–Trinajstić information content (AvgIpc) is 3.64. The fraction of sp³-hybridized carbons (Fsp3) is 0.837. The van der Waals surface area contributed by atoms with E-state index in [2.05, 4.69) is 33.7 Å². The number of carbonyl (C=O) groups is 3. The van der Waals surface area contributed by atoms with Crippen molar-refractivity contribution in [3.05, 3.63) is 27.0 Å². The molecule has 1 aromatic heterocycles. The molecule has 2 heterocycles. The number of aromatic nitrogens is 2. The molecule has 332 valence electrons. The van der Waals surface area contributed by atoms with Crippen LogP contribution < -0.4 is 14.8 Å². The predicted octanol–water partition coefficient (Wildman–Crippen LogP) is 7.34. The molecule has 0 bridgehead atoms.